The highest BCUT2D eigenvalue weighted by molar-refractivity contribution is 9.10. The molecular weight excluding hydrogens is 279 g/mol. The first-order valence-corrected chi connectivity index (χ1v) is 6.69. The van der Waals surface area contributed by atoms with Crippen molar-refractivity contribution < 1.29 is 4.39 Å². The minimum absolute atomic E-state index is 0.325. The van der Waals surface area contributed by atoms with E-state index >= 15 is 0 Å². The van der Waals surface area contributed by atoms with E-state index in [1.54, 1.807) is 17.8 Å². The molecule has 0 aromatic heterocycles. The molecule has 0 amide bonds. The normalized spacial score (nSPS) is 10.4. The number of halogens is 2. The van der Waals surface area contributed by atoms with Gasteiger partial charge in [-0.1, -0.05) is 0 Å². The number of nitrogens with two attached hydrogens (primary N) is 1. The van der Waals surface area contributed by atoms with Crippen LogP contribution in [0.15, 0.2) is 16.6 Å². The van der Waals surface area contributed by atoms with Gasteiger partial charge in [0.1, 0.15) is 5.82 Å². The first kappa shape index (κ1) is 12.6. The Kier molecular flexibility index (Phi) is 4.73. The zero-order valence-corrected chi connectivity index (χ0v) is 11.2. The lowest BCUT2D eigenvalue weighted by Gasteiger charge is -2.21. The maximum atomic E-state index is 13.1. The summed E-state index contributed by atoms with van der Waals surface area (Å²) in [5.41, 5.74) is 7.08. The summed E-state index contributed by atoms with van der Waals surface area (Å²) >= 11 is 4.92. The first-order chi connectivity index (χ1) is 7.06. The molecule has 84 valence electrons. The molecule has 0 saturated carbocycles. The van der Waals surface area contributed by atoms with Gasteiger partial charge in [-0.15, -0.1) is 0 Å². The van der Waals surface area contributed by atoms with Crippen LogP contribution >= 0.6 is 27.7 Å². The summed E-state index contributed by atoms with van der Waals surface area (Å²) in [6.07, 6.45) is 2.05. The molecule has 0 atom stereocenters. The standard InChI is InChI=1S/C10H14BrFN2S/c1-14(3-4-15-2)10-5-7(11)8(12)6-9(10)13/h5-6H,3-4,13H2,1-2H3. The maximum absolute atomic E-state index is 13.1. The predicted molar refractivity (Wildman–Crippen MR) is 70.2 cm³/mol. The van der Waals surface area contributed by atoms with E-state index in [-0.39, 0.29) is 5.82 Å². The quantitative estimate of drug-likeness (QED) is 0.865. The highest BCUT2D eigenvalue weighted by atomic mass is 79.9. The van der Waals surface area contributed by atoms with Gasteiger partial charge in [0.25, 0.3) is 0 Å². The summed E-state index contributed by atoms with van der Waals surface area (Å²) in [5, 5.41) is 0. The van der Waals surface area contributed by atoms with Crippen LogP contribution in [-0.2, 0) is 0 Å². The van der Waals surface area contributed by atoms with Gasteiger partial charge in [0.15, 0.2) is 0 Å². The van der Waals surface area contributed by atoms with E-state index in [2.05, 4.69) is 22.2 Å². The number of benzene rings is 1. The summed E-state index contributed by atoms with van der Waals surface area (Å²) in [6.45, 7) is 0.892. The molecule has 0 aliphatic heterocycles. The van der Waals surface area contributed by atoms with E-state index < -0.39 is 0 Å². The van der Waals surface area contributed by atoms with E-state index in [0.29, 0.717) is 10.2 Å². The second kappa shape index (κ2) is 5.61. The molecule has 0 aliphatic carbocycles. The minimum Gasteiger partial charge on any atom is -0.397 e. The van der Waals surface area contributed by atoms with Crippen LogP contribution in [0.1, 0.15) is 0 Å². The third-order valence-corrected chi connectivity index (χ3v) is 3.31. The van der Waals surface area contributed by atoms with Crippen molar-refractivity contribution in [2.75, 3.05) is 36.2 Å². The van der Waals surface area contributed by atoms with Crippen molar-refractivity contribution in [1.82, 2.24) is 0 Å². The van der Waals surface area contributed by atoms with Gasteiger partial charge < -0.3 is 10.6 Å². The van der Waals surface area contributed by atoms with Gasteiger partial charge in [0, 0.05) is 25.4 Å². The molecule has 0 aliphatic rings. The third kappa shape index (κ3) is 3.28. The summed E-state index contributed by atoms with van der Waals surface area (Å²) < 4.78 is 13.6. The van der Waals surface area contributed by atoms with Crippen LogP contribution in [0, 0.1) is 5.82 Å². The van der Waals surface area contributed by atoms with Gasteiger partial charge in [-0.05, 0) is 28.3 Å². The molecule has 1 aromatic carbocycles. The number of anilines is 2. The van der Waals surface area contributed by atoms with Gasteiger partial charge in [-0.3, -0.25) is 0 Å². The molecule has 0 saturated heterocycles. The highest BCUT2D eigenvalue weighted by Gasteiger charge is 2.09. The van der Waals surface area contributed by atoms with Crippen molar-refractivity contribution in [2.45, 2.75) is 0 Å². The van der Waals surface area contributed by atoms with Crippen molar-refractivity contribution in [3.63, 3.8) is 0 Å². The largest absolute Gasteiger partial charge is 0.397 e. The Hall–Kier alpha value is -0.420. The molecule has 0 radical (unpaired) electrons. The van der Waals surface area contributed by atoms with Crippen LogP contribution < -0.4 is 10.6 Å². The highest BCUT2D eigenvalue weighted by Crippen LogP contribution is 2.28. The molecule has 1 rings (SSSR count). The van der Waals surface area contributed by atoms with Crippen LogP contribution in [0.25, 0.3) is 0 Å². The number of thioether (sulfide) groups is 1. The molecule has 2 nitrogen and oxygen atoms in total. The van der Waals surface area contributed by atoms with E-state index in [1.165, 1.54) is 6.07 Å². The topological polar surface area (TPSA) is 29.3 Å². The molecule has 0 spiro atoms. The minimum atomic E-state index is -0.325. The number of rotatable bonds is 4. The van der Waals surface area contributed by atoms with Crippen LogP contribution in [-0.4, -0.2) is 25.6 Å². The Morgan fingerprint density at radius 3 is 2.80 bits per heavy atom. The summed E-state index contributed by atoms with van der Waals surface area (Å²) in [5.74, 6) is 0.694. The van der Waals surface area contributed by atoms with E-state index in [0.717, 1.165) is 18.0 Å². The molecule has 0 heterocycles. The molecule has 1 aromatic rings. The Morgan fingerprint density at radius 1 is 1.53 bits per heavy atom. The summed E-state index contributed by atoms with van der Waals surface area (Å²) in [4.78, 5) is 2.02. The molecule has 5 heteroatoms. The van der Waals surface area contributed by atoms with E-state index in [4.69, 9.17) is 5.73 Å². The number of nitrogens with zero attached hydrogens (tertiary/aromatic N) is 1. The smallest absolute Gasteiger partial charge is 0.139 e. The molecule has 0 unspecified atom stereocenters. The lowest BCUT2D eigenvalue weighted by molar-refractivity contribution is 0.621. The van der Waals surface area contributed by atoms with Gasteiger partial charge in [0.05, 0.1) is 15.8 Å². The second-order valence-electron chi connectivity index (χ2n) is 3.24. The average molecular weight is 293 g/mol. The van der Waals surface area contributed by atoms with Crippen LogP contribution in [0.2, 0.25) is 0 Å². The lowest BCUT2D eigenvalue weighted by atomic mass is 10.2. The molecule has 0 bridgehead atoms. The first-order valence-electron chi connectivity index (χ1n) is 4.51. The van der Waals surface area contributed by atoms with Gasteiger partial charge in [-0.2, -0.15) is 11.8 Å². The Balaban J connectivity index is 2.88. The maximum Gasteiger partial charge on any atom is 0.139 e. The van der Waals surface area contributed by atoms with E-state index in [1.807, 2.05) is 11.9 Å². The zero-order valence-electron chi connectivity index (χ0n) is 8.76. The van der Waals surface area contributed by atoms with Gasteiger partial charge >= 0.3 is 0 Å². The number of nitrogen functional groups attached to an aromatic ring is 1. The predicted octanol–water partition coefficient (Wildman–Crippen LogP) is 2.97. The second-order valence-corrected chi connectivity index (χ2v) is 5.08. The monoisotopic (exact) mass is 292 g/mol. The Bertz CT molecular complexity index is 346. The summed E-state index contributed by atoms with van der Waals surface area (Å²) in [6, 6.07) is 3.06. The van der Waals surface area contributed by atoms with Crippen LogP contribution in [0.4, 0.5) is 15.8 Å². The van der Waals surface area contributed by atoms with Crippen molar-refractivity contribution in [2.24, 2.45) is 0 Å². The van der Waals surface area contributed by atoms with Crippen molar-refractivity contribution >= 4 is 39.1 Å². The summed E-state index contributed by atoms with van der Waals surface area (Å²) in [7, 11) is 1.95. The van der Waals surface area contributed by atoms with Crippen LogP contribution in [0.3, 0.4) is 0 Å². The van der Waals surface area contributed by atoms with E-state index in [9.17, 15) is 4.39 Å². The average Bonchev–Trinajstić information content (AvgIpc) is 2.20. The van der Waals surface area contributed by atoms with Gasteiger partial charge in [0.2, 0.25) is 0 Å². The third-order valence-electron chi connectivity index (χ3n) is 2.11. The van der Waals surface area contributed by atoms with Crippen LogP contribution in [0.5, 0.6) is 0 Å². The van der Waals surface area contributed by atoms with Crippen molar-refractivity contribution in [3.8, 4) is 0 Å². The fourth-order valence-corrected chi connectivity index (χ4v) is 2.02. The number of hydrogen-bond acceptors (Lipinski definition) is 3. The molecular formula is C10H14BrFN2S. The van der Waals surface area contributed by atoms with Gasteiger partial charge in [-0.25, -0.2) is 4.39 Å². The fourth-order valence-electron chi connectivity index (χ4n) is 1.23. The van der Waals surface area contributed by atoms with Crippen molar-refractivity contribution in [3.05, 3.63) is 22.4 Å². The van der Waals surface area contributed by atoms with Crippen molar-refractivity contribution in [1.29, 1.82) is 0 Å². The number of hydrogen-bond donors (Lipinski definition) is 1. The Morgan fingerprint density at radius 2 is 2.20 bits per heavy atom. The lowest BCUT2D eigenvalue weighted by Crippen LogP contribution is -2.21. The SMILES string of the molecule is CSCCN(C)c1cc(Br)c(F)cc1N. The fraction of sp³-hybridized carbons (Fsp3) is 0.400. The molecule has 15 heavy (non-hydrogen) atoms. The Labute approximate surface area is 102 Å². The molecule has 2 N–H and O–H groups in total. The zero-order chi connectivity index (χ0) is 11.4. The molecule has 0 fully saturated rings.